The molecule has 0 fully saturated rings. The number of hydrogen-bond donors (Lipinski definition) is 0. The van der Waals surface area contributed by atoms with Crippen molar-refractivity contribution < 1.29 is 28.2 Å². The van der Waals surface area contributed by atoms with Crippen molar-refractivity contribution in [1.29, 1.82) is 0 Å². The zero-order chi connectivity index (χ0) is 20.6. The van der Waals surface area contributed by atoms with Gasteiger partial charge in [0, 0.05) is 36.0 Å². The van der Waals surface area contributed by atoms with Crippen LogP contribution in [0.4, 0.5) is 0 Å². The van der Waals surface area contributed by atoms with Crippen molar-refractivity contribution in [2.24, 2.45) is 0 Å². The van der Waals surface area contributed by atoms with Crippen molar-refractivity contribution in [2.75, 3.05) is 19.8 Å². The van der Waals surface area contributed by atoms with E-state index < -0.39 is 7.32 Å². The largest absolute Gasteiger partial charge is 0.864 e. The molecule has 3 heterocycles. The van der Waals surface area contributed by atoms with E-state index in [0.717, 1.165) is 53.2 Å². The molecule has 6 nitrogen and oxygen atoms in total. The fraction of sp³-hybridized carbons (Fsp3) is 0.250. The van der Waals surface area contributed by atoms with Crippen LogP contribution in [0.2, 0.25) is 0 Å². The molecule has 0 radical (unpaired) electrons. The summed E-state index contributed by atoms with van der Waals surface area (Å²) in [5, 5.41) is 0. The normalized spacial score (nSPS) is 15.1. The Morgan fingerprint density at radius 1 is 0.516 bits per heavy atom. The minimum atomic E-state index is -0.957. The summed E-state index contributed by atoms with van der Waals surface area (Å²) in [6.07, 6.45) is 2.61. The predicted molar refractivity (Wildman–Crippen MR) is 115 cm³/mol. The van der Waals surface area contributed by atoms with E-state index in [9.17, 15) is 0 Å². The first-order valence-corrected chi connectivity index (χ1v) is 10.6. The Morgan fingerprint density at radius 2 is 0.871 bits per heavy atom. The highest BCUT2D eigenvalue weighted by molar-refractivity contribution is 6.39. The molecule has 3 aliphatic heterocycles. The monoisotopic (exact) mass is 416 g/mol. The SMILES string of the molecule is c1cc2c(cc1OB(Oc1ccc3c(c1)CCO3)Oc1ccc3c(c1)CCO3)CCO2. The average molecular weight is 416 g/mol. The van der Waals surface area contributed by atoms with E-state index in [4.69, 9.17) is 28.2 Å². The maximum atomic E-state index is 6.12. The zero-order valence-corrected chi connectivity index (χ0v) is 17.0. The van der Waals surface area contributed by atoms with Crippen molar-refractivity contribution in [3.05, 3.63) is 71.3 Å². The molecule has 0 saturated heterocycles. The smallest absolute Gasteiger partial charge is 0.493 e. The molecule has 6 rings (SSSR count). The summed E-state index contributed by atoms with van der Waals surface area (Å²) in [7, 11) is -0.957. The Kier molecular flexibility index (Phi) is 4.52. The van der Waals surface area contributed by atoms with Gasteiger partial charge in [0.2, 0.25) is 0 Å². The summed E-state index contributed by atoms with van der Waals surface area (Å²) in [6, 6.07) is 17.3. The lowest BCUT2D eigenvalue weighted by Crippen LogP contribution is -2.37. The molecule has 31 heavy (non-hydrogen) atoms. The van der Waals surface area contributed by atoms with E-state index in [0.29, 0.717) is 37.1 Å². The maximum Gasteiger partial charge on any atom is 0.864 e. The van der Waals surface area contributed by atoms with Crippen LogP contribution >= 0.6 is 0 Å². The summed E-state index contributed by atoms with van der Waals surface area (Å²) in [4.78, 5) is 0. The molecular formula is C24H21BO6. The van der Waals surface area contributed by atoms with Gasteiger partial charge >= 0.3 is 7.32 Å². The molecule has 3 aromatic carbocycles. The number of ether oxygens (including phenoxy) is 3. The molecule has 0 saturated carbocycles. The first-order chi connectivity index (χ1) is 15.3. The van der Waals surface area contributed by atoms with E-state index in [1.54, 1.807) is 0 Å². The van der Waals surface area contributed by atoms with Gasteiger partial charge in [-0.3, -0.25) is 0 Å². The number of hydrogen-bond acceptors (Lipinski definition) is 6. The quantitative estimate of drug-likeness (QED) is 0.566. The van der Waals surface area contributed by atoms with Crippen LogP contribution in [-0.4, -0.2) is 27.1 Å². The third-order valence-corrected chi connectivity index (χ3v) is 5.68. The molecule has 156 valence electrons. The van der Waals surface area contributed by atoms with Crippen LogP contribution in [0, 0.1) is 0 Å². The topological polar surface area (TPSA) is 55.4 Å². The van der Waals surface area contributed by atoms with E-state index in [1.165, 1.54) is 0 Å². The third kappa shape index (κ3) is 3.72. The van der Waals surface area contributed by atoms with Crippen LogP contribution in [0.15, 0.2) is 54.6 Å². The second-order valence-electron chi connectivity index (χ2n) is 7.75. The van der Waals surface area contributed by atoms with Gasteiger partial charge < -0.3 is 28.2 Å². The summed E-state index contributed by atoms with van der Waals surface area (Å²) >= 11 is 0. The first kappa shape index (κ1) is 18.3. The van der Waals surface area contributed by atoms with Crippen LogP contribution in [0.25, 0.3) is 0 Å². The molecule has 0 aromatic heterocycles. The van der Waals surface area contributed by atoms with Crippen LogP contribution in [0.5, 0.6) is 34.5 Å². The fourth-order valence-electron chi connectivity index (χ4n) is 4.11. The molecule has 0 N–H and O–H groups in total. The minimum absolute atomic E-state index is 0.670. The third-order valence-electron chi connectivity index (χ3n) is 5.68. The number of fused-ring (bicyclic) bond motifs is 3. The predicted octanol–water partition coefficient (Wildman–Crippen LogP) is 4.01. The molecule has 0 bridgehead atoms. The van der Waals surface area contributed by atoms with Crippen LogP contribution in [0.3, 0.4) is 0 Å². The summed E-state index contributed by atoms with van der Waals surface area (Å²) in [6.45, 7) is 2.09. The second-order valence-corrected chi connectivity index (χ2v) is 7.75. The zero-order valence-electron chi connectivity index (χ0n) is 17.0. The van der Waals surface area contributed by atoms with E-state index in [2.05, 4.69) is 0 Å². The average Bonchev–Trinajstić information content (AvgIpc) is 3.53. The van der Waals surface area contributed by atoms with Gasteiger partial charge in [-0.15, -0.1) is 0 Å². The van der Waals surface area contributed by atoms with Gasteiger partial charge in [0.15, 0.2) is 0 Å². The highest BCUT2D eigenvalue weighted by Gasteiger charge is 2.32. The van der Waals surface area contributed by atoms with Crippen LogP contribution in [0.1, 0.15) is 16.7 Å². The molecule has 7 heteroatoms. The van der Waals surface area contributed by atoms with Gasteiger partial charge in [-0.1, -0.05) is 0 Å². The van der Waals surface area contributed by atoms with Gasteiger partial charge in [-0.2, -0.15) is 0 Å². The molecule has 0 amide bonds. The first-order valence-electron chi connectivity index (χ1n) is 10.6. The molecule has 0 aliphatic carbocycles. The highest BCUT2D eigenvalue weighted by atomic mass is 16.7. The molecule has 3 aromatic rings. The van der Waals surface area contributed by atoms with Crippen molar-refractivity contribution in [3.63, 3.8) is 0 Å². The van der Waals surface area contributed by atoms with Crippen LogP contribution < -0.4 is 28.2 Å². The van der Waals surface area contributed by atoms with Gasteiger partial charge in [0.05, 0.1) is 19.8 Å². The number of rotatable bonds is 6. The van der Waals surface area contributed by atoms with E-state index >= 15 is 0 Å². The van der Waals surface area contributed by atoms with Crippen molar-refractivity contribution in [2.45, 2.75) is 19.3 Å². The summed E-state index contributed by atoms with van der Waals surface area (Å²) in [5.41, 5.74) is 3.38. The highest BCUT2D eigenvalue weighted by Crippen LogP contribution is 2.33. The van der Waals surface area contributed by atoms with E-state index in [1.807, 2.05) is 54.6 Å². The lowest BCUT2D eigenvalue weighted by molar-refractivity contribution is 0.306. The Morgan fingerprint density at radius 3 is 1.23 bits per heavy atom. The number of benzene rings is 3. The Hall–Kier alpha value is -3.48. The Balaban J connectivity index is 1.26. The Labute approximate surface area is 180 Å². The van der Waals surface area contributed by atoms with Crippen LogP contribution in [-0.2, 0) is 19.3 Å². The lowest BCUT2D eigenvalue weighted by Gasteiger charge is -2.17. The lowest BCUT2D eigenvalue weighted by atomic mass is 10.1. The van der Waals surface area contributed by atoms with Crippen molar-refractivity contribution >= 4 is 7.32 Å². The van der Waals surface area contributed by atoms with E-state index in [-0.39, 0.29) is 0 Å². The van der Waals surface area contributed by atoms with Crippen molar-refractivity contribution in [3.8, 4) is 34.5 Å². The molecule has 0 atom stereocenters. The minimum Gasteiger partial charge on any atom is -0.493 e. The fourth-order valence-corrected chi connectivity index (χ4v) is 4.11. The van der Waals surface area contributed by atoms with Crippen molar-refractivity contribution in [1.82, 2.24) is 0 Å². The van der Waals surface area contributed by atoms with Gasteiger partial charge in [-0.25, -0.2) is 0 Å². The van der Waals surface area contributed by atoms with Gasteiger partial charge in [0.1, 0.15) is 34.5 Å². The molecule has 0 unspecified atom stereocenters. The van der Waals surface area contributed by atoms with Gasteiger partial charge in [-0.05, 0) is 54.6 Å². The standard InChI is InChI=1S/C24H21BO6/c1-4-22-16(7-10-26-22)13-19(1)29-25(30-20-2-5-23-17(14-20)8-11-27-23)31-21-3-6-24-18(15-21)9-12-28-24/h1-6,13-15H,7-12H2. The molecule has 0 spiro atoms. The maximum absolute atomic E-state index is 6.12. The molecular weight excluding hydrogens is 395 g/mol. The Bertz CT molecular complexity index is 990. The second kappa shape index (κ2) is 7.65. The molecule has 3 aliphatic rings. The van der Waals surface area contributed by atoms with Gasteiger partial charge in [0.25, 0.3) is 0 Å². The summed E-state index contributed by atoms with van der Waals surface area (Å²) in [5.74, 6) is 4.73. The summed E-state index contributed by atoms with van der Waals surface area (Å²) < 4.78 is 35.2.